The number of aliphatic carboxylic acids is 1. The molecule has 0 spiro atoms. The summed E-state index contributed by atoms with van der Waals surface area (Å²) in [6, 6.07) is 10.0. The summed E-state index contributed by atoms with van der Waals surface area (Å²) in [5.41, 5.74) is 4.97. The lowest BCUT2D eigenvalue weighted by Crippen LogP contribution is -2.14. The molecule has 0 fully saturated rings. The molecule has 8 heteroatoms. The van der Waals surface area contributed by atoms with Gasteiger partial charge in [-0.3, -0.25) is 10.3 Å². The molecule has 0 aliphatic rings. The third-order valence-electron chi connectivity index (χ3n) is 3.95. The zero-order chi connectivity index (χ0) is 21.4. The number of hydroxylamine groups is 1. The maximum absolute atomic E-state index is 12.6. The molecule has 156 valence electrons. The van der Waals surface area contributed by atoms with E-state index in [1.54, 1.807) is 19.1 Å². The number of carboxylic acids is 1. The van der Waals surface area contributed by atoms with Crippen LogP contribution in [0.15, 0.2) is 48.5 Å². The van der Waals surface area contributed by atoms with Crippen LogP contribution in [-0.2, 0) is 22.4 Å². The fourth-order valence-electron chi connectivity index (χ4n) is 2.53. The quantitative estimate of drug-likeness (QED) is 0.574. The number of alkyl halides is 3. The van der Waals surface area contributed by atoms with E-state index in [-0.39, 0.29) is 6.61 Å². The Hall–Kier alpha value is -3.00. The molecule has 2 aromatic rings. The fourth-order valence-corrected chi connectivity index (χ4v) is 2.53. The highest BCUT2D eigenvalue weighted by atomic mass is 19.4. The number of nitrogens with one attached hydrogen (secondary N) is 1. The second kappa shape index (κ2) is 9.97. The molecule has 2 rings (SSSR count). The van der Waals surface area contributed by atoms with Gasteiger partial charge in [0.1, 0.15) is 5.75 Å². The van der Waals surface area contributed by atoms with Crippen molar-refractivity contribution in [3.05, 3.63) is 70.8 Å². The first-order valence-corrected chi connectivity index (χ1v) is 8.90. The Balaban J connectivity index is 2.01. The van der Waals surface area contributed by atoms with Crippen LogP contribution in [0.3, 0.4) is 0 Å². The van der Waals surface area contributed by atoms with Gasteiger partial charge in [-0.1, -0.05) is 25.1 Å². The molecule has 0 aliphatic heterocycles. The lowest BCUT2D eigenvalue weighted by atomic mass is 10.1. The van der Waals surface area contributed by atoms with E-state index in [2.05, 4.69) is 5.48 Å². The van der Waals surface area contributed by atoms with Crippen molar-refractivity contribution in [1.82, 2.24) is 5.48 Å². The molecule has 0 radical (unpaired) electrons. The van der Waals surface area contributed by atoms with Gasteiger partial charge in [0, 0.05) is 5.56 Å². The first-order valence-electron chi connectivity index (χ1n) is 8.90. The van der Waals surface area contributed by atoms with Crippen molar-refractivity contribution in [2.75, 3.05) is 6.61 Å². The smallest absolute Gasteiger partial charge is 0.416 e. The van der Waals surface area contributed by atoms with Gasteiger partial charge in [-0.05, 0) is 54.8 Å². The van der Waals surface area contributed by atoms with E-state index in [0.29, 0.717) is 17.0 Å². The fraction of sp³-hybridized carbons (Fsp3) is 0.286. The molecule has 0 unspecified atom stereocenters. The summed E-state index contributed by atoms with van der Waals surface area (Å²) < 4.78 is 43.0. The average molecular weight is 409 g/mol. The van der Waals surface area contributed by atoms with Gasteiger partial charge in [-0.15, -0.1) is 0 Å². The minimum Gasteiger partial charge on any atom is -0.482 e. The third-order valence-corrected chi connectivity index (χ3v) is 3.95. The Morgan fingerprint density at radius 1 is 1.17 bits per heavy atom. The van der Waals surface area contributed by atoms with Crippen LogP contribution in [-0.4, -0.2) is 17.7 Å². The highest BCUT2D eigenvalue weighted by molar-refractivity contribution is 5.69. The summed E-state index contributed by atoms with van der Waals surface area (Å²) in [6.07, 6.45) is -1.74. The van der Waals surface area contributed by atoms with Gasteiger partial charge in [0.2, 0.25) is 0 Å². The first kappa shape index (κ1) is 22.3. The lowest BCUT2D eigenvalue weighted by molar-refractivity contribution is -0.139. The minimum atomic E-state index is -4.37. The first-order chi connectivity index (χ1) is 13.7. The van der Waals surface area contributed by atoms with E-state index >= 15 is 0 Å². The van der Waals surface area contributed by atoms with Gasteiger partial charge in [0.05, 0.1) is 17.9 Å². The normalized spacial score (nSPS) is 12.0. The highest BCUT2D eigenvalue weighted by Crippen LogP contribution is 2.29. The molecule has 0 saturated carbocycles. The Labute approximate surface area is 166 Å². The SMILES string of the molecule is CCC=C(NOCc1ccc(C(F)(F)F)cc1)c1ccc(OCC(=O)O)c(C)c1. The number of benzene rings is 2. The summed E-state index contributed by atoms with van der Waals surface area (Å²) in [6.45, 7) is 3.41. The van der Waals surface area contributed by atoms with Crippen LogP contribution in [0.1, 0.15) is 35.6 Å². The molecule has 0 saturated heterocycles. The molecule has 5 nitrogen and oxygen atoms in total. The van der Waals surface area contributed by atoms with Crippen molar-refractivity contribution in [1.29, 1.82) is 0 Å². The van der Waals surface area contributed by atoms with Crippen LogP contribution in [0.4, 0.5) is 13.2 Å². The van der Waals surface area contributed by atoms with Gasteiger partial charge in [0.15, 0.2) is 6.61 Å². The van der Waals surface area contributed by atoms with E-state index < -0.39 is 24.3 Å². The van der Waals surface area contributed by atoms with Crippen molar-refractivity contribution in [2.45, 2.75) is 33.1 Å². The number of rotatable bonds is 9. The molecule has 29 heavy (non-hydrogen) atoms. The maximum atomic E-state index is 12.6. The van der Waals surface area contributed by atoms with Gasteiger partial charge in [-0.2, -0.15) is 13.2 Å². The summed E-state index contributed by atoms with van der Waals surface area (Å²) in [7, 11) is 0. The highest BCUT2D eigenvalue weighted by Gasteiger charge is 2.29. The van der Waals surface area contributed by atoms with Crippen LogP contribution >= 0.6 is 0 Å². The number of hydrogen-bond donors (Lipinski definition) is 2. The maximum Gasteiger partial charge on any atom is 0.416 e. The van der Waals surface area contributed by atoms with Crippen LogP contribution in [0, 0.1) is 6.92 Å². The van der Waals surface area contributed by atoms with Crippen LogP contribution in [0.2, 0.25) is 0 Å². The number of ether oxygens (including phenoxy) is 1. The third kappa shape index (κ3) is 6.83. The van der Waals surface area contributed by atoms with Gasteiger partial charge >= 0.3 is 12.1 Å². The Kier molecular flexibility index (Phi) is 7.67. The molecule has 0 heterocycles. The van der Waals surface area contributed by atoms with E-state index in [4.69, 9.17) is 14.7 Å². The molecular formula is C21H22F3NO4. The van der Waals surface area contributed by atoms with Crippen molar-refractivity contribution in [3.63, 3.8) is 0 Å². The Bertz CT molecular complexity index is 861. The molecular weight excluding hydrogens is 387 g/mol. The number of carbonyl (C=O) groups is 1. The summed E-state index contributed by atoms with van der Waals surface area (Å²) in [5, 5.41) is 8.71. The summed E-state index contributed by atoms with van der Waals surface area (Å²) in [5.74, 6) is -0.587. The molecule has 0 atom stereocenters. The molecule has 2 aromatic carbocycles. The molecule has 0 aliphatic carbocycles. The van der Waals surface area contributed by atoms with Crippen molar-refractivity contribution >= 4 is 11.7 Å². The summed E-state index contributed by atoms with van der Waals surface area (Å²) in [4.78, 5) is 16.1. The van der Waals surface area contributed by atoms with Gasteiger partial charge in [-0.25, -0.2) is 4.79 Å². The zero-order valence-electron chi connectivity index (χ0n) is 16.0. The standard InChI is InChI=1S/C21H22F3NO4/c1-3-4-18(16-7-10-19(14(2)11-16)28-13-20(26)27)25-29-12-15-5-8-17(9-6-15)21(22,23)24/h4-11,25H,3,12-13H2,1-2H3,(H,26,27). The van der Waals surface area contributed by atoms with E-state index in [9.17, 15) is 18.0 Å². The van der Waals surface area contributed by atoms with Crippen molar-refractivity contribution in [3.8, 4) is 5.75 Å². The molecule has 0 amide bonds. The number of halogens is 3. The molecule has 0 bridgehead atoms. The van der Waals surface area contributed by atoms with E-state index in [1.165, 1.54) is 12.1 Å². The van der Waals surface area contributed by atoms with Crippen LogP contribution in [0.5, 0.6) is 5.75 Å². The second-order valence-corrected chi connectivity index (χ2v) is 6.27. The predicted molar refractivity (Wildman–Crippen MR) is 102 cm³/mol. The predicted octanol–water partition coefficient (Wildman–Crippen LogP) is 4.95. The van der Waals surface area contributed by atoms with E-state index in [0.717, 1.165) is 29.7 Å². The van der Waals surface area contributed by atoms with Crippen molar-refractivity contribution in [2.24, 2.45) is 0 Å². The van der Waals surface area contributed by atoms with Crippen LogP contribution in [0.25, 0.3) is 5.70 Å². The zero-order valence-corrected chi connectivity index (χ0v) is 16.0. The largest absolute Gasteiger partial charge is 0.482 e. The summed E-state index contributed by atoms with van der Waals surface area (Å²) >= 11 is 0. The van der Waals surface area contributed by atoms with Gasteiger partial charge in [0.25, 0.3) is 0 Å². The Morgan fingerprint density at radius 3 is 2.41 bits per heavy atom. The molecule has 2 N–H and O–H groups in total. The number of carboxylic acid groups (broad SMARTS) is 1. The van der Waals surface area contributed by atoms with Crippen LogP contribution < -0.4 is 10.2 Å². The second-order valence-electron chi connectivity index (χ2n) is 6.27. The average Bonchev–Trinajstić information content (AvgIpc) is 2.66. The Morgan fingerprint density at radius 2 is 1.86 bits per heavy atom. The van der Waals surface area contributed by atoms with E-state index in [1.807, 2.05) is 19.1 Å². The number of aryl methyl sites for hydroxylation is 1. The topological polar surface area (TPSA) is 67.8 Å². The minimum absolute atomic E-state index is 0.0813. The molecule has 0 aromatic heterocycles. The number of allylic oxidation sites excluding steroid dienone is 1. The monoisotopic (exact) mass is 409 g/mol. The lowest BCUT2D eigenvalue weighted by Gasteiger charge is -2.14. The van der Waals surface area contributed by atoms with Gasteiger partial charge < -0.3 is 9.84 Å². The number of hydrogen-bond acceptors (Lipinski definition) is 4. The van der Waals surface area contributed by atoms with Crippen molar-refractivity contribution < 1.29 is 32.6 Å².